The number of urea groups is 1. The van der Waals surface area contributed by atoms with Crippen LogP contribution >= 0.6 is 11.6 Å². The van der Waals surface area contributed by atoms with Gasteiger partial charge in [-0.25, -0.2) is 9.18 Å². The number of benzene rings is 4. The van der Waals surface area contributed by atoms with Gasteiger partial charge < -0.3 is 30.5 Å². The van der Waals surface area contributed by atoms with E-state index in [-0.39, 0.29) is 58.2 Å². The first-order valence-electron chi connectivity index (χ1n) is 23.9. The van der Waals surface area contributed by atoms with Crippen LogP contribution in [0.2, 0.25) is 5.02 Å². The maximum absolute atomic E-state index is 15.7. The number of halogens is 5. The molecule has 1 aliphatic carbocycles. The summed E-state index contributed by atoms with van der Waals surface area (Å²) in [7, 11) is 1.89. The molecule has 3 aliphatic heterocycles. The lowest BCUT2D eigenvalue weighted by Crippen LogP contribution is -2.64. The van der Waals surface area contributed by atoms with Crippen molar-refractivity contribution in [2.75, 3.05) is 25.0 Å². The average Bonchev–Trinajstić information content (AvgIpc) is 4.12. The minimum absolute atomic E-state index is 0.0177. The number of nitrogens with one attached hydrogen (secondary N) is 4. The SMILES string of the molecule is C=C1CCC(N2Cc3c(ccc(CNC(=O)Nc4cc(OCC(=C)C(=O)N5CC6(CC(n7nc(-c8ccc9c(cnn9C)c8)c(-c8c(Cl)c(C)cc9[nH]ncc89)c7C)C6)C5)cc(C(F)(F)F)c4)c3F)C2=O)C(=O)N1. The number of aryl methyl sites for hydroxylation is 2. The van der Waals surface area contributed by atoms with Gasteiger partial charge in [-0.05, 0) is 81.5 Å². The Hall–Kier alpha value is -8.00. The monoisotopic (exact) mass is 1030 g/mol. The van der Waals surface area contributed by atoms with Crippen LogP contribution in [0.4, 0.5) is 28.0 Å². The molecule has 0 bridgehead atoms. The number of alkyl halides is 3. The lowest BCUT2D eigenvalue weighted by molar-refractivity contribution is -0.150. The fraction of sp³-hybridized carbons (Fsp3) is 0.302. The van der Waals surface area contributed by atoms with Gasteiger partial charge >= 0.3 is 12.2 Å². The molecule has 1 unspecified atom stereocenters. The normalized spacial score (nSPS) is 17.4. The van der Waals surface area contributed by atoms with E-state index >= 15 is 4.39 Å². The van der Waals surface area contributed by atoms with E-state index in [1.54, 1.807) is 11.1 Å². The number of anilines is 1. The number of rotatable bonds is 11. The molecule has 11 rings (SSSR count). The van der Waals surface area contributed by atoms with Crippen LogP contribution in [-0.4, -0.2) is 89.0 Å². The number of ether oxygens (including phenoxy) is 1. The molecule has 1 spiro atoms. The predicted octanol–water partition coefficient (Wildman–Crippen LogP) is 9.28. The van der Waals surface area contributed by atoms with Gasteiger partial charge in [-0.1, -0.05) is 36.9 Å². The number of hydrogen-bond acceptors (Lipinski definition) is 8. The Morgan fingerprint density at radius 2 is 1.81 bits per heavy atom. The van der Waals surface area contributed by atoms with Crippen molar-refractivity contribution in [1.82, 2.24) is 50.2 Å². The van der Waals surface area contributed by atoms with Crippen LogP contribution < -0.4 is 20.7 Å². The third-order valence-electron chi connectivity index (χ3n) is 14.8. The number of fused-ring (bicyclic) bond motifs is 3. The summed E-state index contributed by atoms with van der Waals surface area (Å²) in [6, 6.07) is 11.8. The fourth-order valence-electron chi connectivity index (χ4n) is 11.0. The van der Waals surface area contributed by atoms with Crippen LogP contribution in [0, 0.1) is 25.1 Å². The molecule has 21 heteroatoms. The van der Waals surface area contributed by atoms with E-state index in [0.717, 1.165) is 74.4 Å². The highest BCUT2D eigenvalue weighted by Crippen LogP contribution is 2.56. The number of carbonyl (C=O) groups is 4. The minimum atomic E-state index is -4.83. The van der Waals surface area contributed by atoms with Crippen molar-refractivity contribution in [3.05, 3.63) is 136 Å². The second-order valence-electron chi connectivity index (χ2n) is 19.8. The van der Waals surface area contributed by atoms with Gasteiger partial charge in [0.05, 0.1) is 46.6 Å². The van der Waals surface area contributed by atoms with Crippen LogP contribution in [0.25, 0.3) is 44.2 Å². The smallest absolute Gasteiger partial charge is 0.416 e. The number of piperidine rings is 1. The van der Waals surface area contributed by atoms with E-state index < -0.39 is 54.0 Å². The molecular weight excluding hydrogens is 982 g/mol. The van der Waals surface area contributed by atoms with Crippen molar-refractivity contribution in [2.45, 2.75) is 70.9 Å². The fourth-order valence-corrected chi connectivity index (χ4v) is 11.3. The van der Waals surface area contributed by atoms with E-state index in [1.165, 1.54) is 23.1 Å². The van der Waals surface area contributed by atoms with Gasteiger partial charge in [0.1, 0.15) is 29.9 Å². The highest BCUT2D eigenvalue weighted by molar-refractivity contribution is 6.36. The Bertz CT molecular complexity index is 3570. The molecule has 74 heavy (non-hydrogen) atoms. The molecule has 2 saturated heterocycles. The maximum Gasteiger partial charge on any atom is 0.416 e. The second-order valence-corrected chi connectivity index (χ2v) is 20.2. The number of allylic oxidation sites excluding steroid dienone is 1. The number of aromatic nitrogens is 6. The Kier molecular flexibility index (Phi) is 11.7. The van der Waals surface area contributed by atoms with Gasteiger partial charge in [0.15, 0.2) is 0 Å². The molecule has 5 amide bonds. The van der Waals surface area contributed by atoms with Crippen molar-refractivity contribution in [2.24, 2.45) is 12.5 Å². The zero-order chi connectivity index (χ0) is 52.1. The second kappa shape index (κ2) is 17.9. The van der Waals surface area contributed by atoms with Gasteiger partial charge in [-0.15, -0.1) is 0 Å². The average molecular weight is 1030 g/mol. The van der Waals surface area contributed by atoms with Crippen molar-refractivity contribution in [3.63, 3.8) is 0 Å². The van der Waals surface area contributed by atoms with Gasteiger partial charge in [-0.3, -0.25) is 28.8 Å². The summed E-state index contributed by atoms with van der Waals surface area (Å²) in [5, 5.41) is 27.0. The first-order valence-corrected chi connectivity index (χ1v) is 24.2. The Morgan fingerprint density at radius 1 is 1.03 bits per heavy atom. The quantitative estimate of drug-likeness (QED) is 0.0730. The number of carbonyl (C=O) groups excluding carboxylic acids is 4. The minimum Gasteiger partial charge on any atom is -0.489 e. The summed E-state index contributed by atoms with van der Waals surface area (Å²) in [5.74, 6) is -2.33. The zero-order valence-electron chi connectivity index (χ0n) is 40.3. The molecule has 6 heterocycles. The Labute approximate surface area is 425 Å². The largest absolute Gasteiger partial charge is 0.489 e. The summed E-state index contributed by atoms with van der Waals surface area (Å²) in [6.07, 6.45) is 1.07. The highest BCUT2D eigenvalue weighted by Gasteiger charge is 2.55. The van der Waals surface area contributed by atoms with Crippen molar-refractivity contribution in [1.29, 1.82) is 0 Å². The van der Waals surface area contributed by atoms with Gasteiger partial charge in [0, 0.05) is 105 Å². The number of likely N-dealkylation sites (tertiary alicyclic amines) is 1. The molecule has 4 N–H and O–H groups in total. The van der Waals surface area contributed by atoms with E-state index in [4.69, 9.17) is 21.4 Å². The predicted molar refractivity (Wildman–Crippen MR) is 267 cm³/mol. The van der Waals surface area contributed by atoms with Gasteiger partial charge in [0.25, 0.3) is 11.8 Å². The van der Waals surface area contributed by atoms with E-state index in [1.807, 2.05) is 50.0 Å². The third-order valence-corrected chi connectivity index (χ3v) is 15.3. The van der Waals surface area contributed by atoms with Gasteiger partial charge in [0.2, 0.25) is 5.91 Å². The molecule has 7 aromatic rings. The summed E-state index contributed by atoms with van der Waals surface area (Å²) in [6.45, 7) is 11.6. The molecule has 1 atom stereocenters. The number of amides is 5. The summed E-state index contributed by atoms with van der Waals surface area (Å²) in [4.78, 5) is 55.3. The molecular formula is C53H48ClF4N11O5. The van der Waals surface area contributed by atoms with Crippen molar-refractivity contribution < 1.29 is 41.5 Å². The zero-order valence-corrected chi connectivity index (χ0v) is 41.1. The molecule has 380 valence electrons. The first-order chi connectivity index (χ1) is 35.3. The molecule has 16 nitrogen and oxygen atoms in total. The Balaban J connectivity index is 0.724. The van der Waals surface area contributed by atoms with Crippen molar-refractivity contribution in [3.8, 4) is 28.1 Å². The standard InChI is InChI=1S/C53H48ClF4N11O5/c1-26-12-40-38(21-60-64-40)44(45(26)54)43-29(4)69(65-47(43)30-8-11-41-32(13-30)20-61-66(41)5)35-17-52(18-35)24-67(25-52)49(71)27(2)23-74-36-15-33(53(56,57)58)14-34(16-36)63-51(73)59-19-31-7-9-37-39(46(31)55)22-68(50(37)72)42-10-6-28(3)62-48(42)70/h7-9,11-16,20-21,35,42H,2-3,6,10,17-19,22-25H2,1,4-5H3,(H,60,64)(H,62,70)(H2,59,63,73). The number of aromatic amines is 1. The highest BCUT2D eigenvalue weighted by atomic mass is 35.5. The first kappa shape index (κ1) is 48.3. The molecule has 4 aliphatic rings. The van der Waals surface area contributed by atoms with Crippen LogP contribution in [0.5, 0.6) is 5.75 Å². The maximum atomic E-state index is 15.7. The molecule has 3 fully saturated rings. The van der Waals surface area contributed by atoms with E-state index in [9.17, 15) is 32.3 Å². The summed E-state index contributed by atoms with van der Waals surface area (Å²) >= 11 is 7.12. The molecule has 1 saturated carbocycles. The molecule has 3 aromatic heterocycles. The van der Waals surface area contributed by atoms with Crippen molar-refractivity contribution >= 4 is 62.8 Å². The Morgan fingerprint density at radius 3 is 2.57 bits per heavy atom. The summed E-state index contributed by atoms with van der Waals surface area (Å²) < 4.78 is 67.6. The van der Waals surface area contributed by atoms with Crippen LogP contribution in [-0.2, 0) is 35.9 Å². The number of nitrogens with zero attached hydrogens (tertiary/aromatic N) is 7. The topological polar surface area (TPSA) is 184 Å². The van der Waals surface area contributed by atoms with Crippen LogP contribution in [0.15, 0.2) is 91.4 Å². The third kappa shape index (κ3) is 8.39. The lowest BCUT2D eigenvalue weighted by atomic mass is 9.60. The summed E-state index contributed by atoms with van der Waals surface area (Å²) in [5.41, 5.74) is 6.26. The lowest BCUT2D eigenvalue weighted by Gasteiger charge is -2.59. The van der Waals surface area contributed by atoms with Crippen LogP contribution in [0.1, 0.15) is 70.0 Å². The molecule has 0 radical (unpaired) electrons. The van der Waals surface area contributed by atoms with Gasteiger partial charge in [-0.2, -0.15) is 28.5 Å². The number of hydrogen-bond donors (Lipinski definition) is 4. The van der Waals surface area contributed by atoms with Crippen LogP contribution in [0.3, 0.4) is 0 Å². The molecule has 4 aromatic carbocycles. The number of H-pyrrole nitrogens is 1. The van der Waals surface area contributed by atoms with E-state index in [2.05, 4.69) is 55.2 Å². The van der Waals surface area contributed by atoms with E-state index in [0.29, 0.717) is 42.7 Å².